The molecule has 5 aromatic rings. The van der Waals surface area contributed by atoms with Crippen LogP contribution in [0.1, 0.15) is 11.3 Å². The Morgan fingerprint density at radius 2 is 1.67 bits per heavy atom. The first-order chi connectivity index (χ1) is 18.6. The van der Waals surface area contributed by atoms with E-state index < -0.39 is 23.4 Å². The summed E-state index contributed by atoms with van der Waals surface area (Å²) in [7, 11) is 1.34. The summed E-state index contributed by atoms with van der Waals surface area (Å²) in [4.78, 5) is 35.2. The van der Waals surface area contributed by atoms with Gasteiger partial charge in [-0.25, -0.2) is 4.79 Å². The molecule has 2 aromatic carbocycles. The lowest BCUT2D eigenvalue weighted by Crippen LogP contribution is -2.39. The number of halogens is 4. The average Bonchev–Trinajstić information content (AvgIpc) is 3.24. The Kier molecular flexibility index (Phi) is 6.87. The summed E-state index contributed by atoms with van der Waals surface area (Å²) in [5.41, 5.74) is 0.105. The monoisotopic (exact) mass is 557 g/mol. The number of pyridine rings is 1. The van der Waals surface area contributed by atoms with Crippen LogP contribution in [0.25, 0.3) is 11.2 Å². The van der Waals surface area contributed by atoms with Crippen LogP contribution in [0.5, 0.6) is 17.5 Å². The van der Waals surface area contributed by atoms with Gasteiger partial charge in [0.1, 0.15) is 11.5 Å². The number of alkyl halides is 3. The van der Waals surface area contributed by atoms with Gasteiger partial charge >= 0.3 is 18.1 Å². The molecular formula is C26H19ClF3N5O4. The van der Waals surface area contributed by atoms with Gasteiger partial charge in [0.25, 0.3) is 5.56 Å². The van der Waals surface area contributed by atoms with Crippen LogP contribution >= 0.6 is 11.6 Å². The van der Waals surface area contributed by atoms with E-state index in [4.69, 9.17) is 16.3 Å². The van der Waals surface area contributed by atoms with Gasteiger partial charge in [-0.2, -0.15) is 4.98 Å². The molecule has 39 heavy (non-hydrogen) atoms. The maximum absolute atomic E-state index is 13.3. The van der Waals surface area contributed by atoms with Crippen molar-refractivity contribution in [2.45, 2.75) is 19.5 Å². The molecule has 0 atom stereocenters. The van der Waals surface area contributed by atoms with Gasteiger partial charge in [0.15, 0.2) is 11.2 Å². The van der Waals surface area contributed by atoms with Crippen LogP contribution in [0, 0.1) is 0 Å². The van der Waals surface area contributed by atoms with Gasteiger partial charge in [-0.1, -0.05) is 35.9 Å². The lowest BCUT2D eigenvalue weighted by molar-refractivity contribution is -0.274. The maximum atomic E-state index is 13.3. The van der Waals surface area contributed by atoms with E-state index in [9.17, 15) is 22.8 Å². The molecule has 200 valence electrons. The van der Waals surface area contributed by atoms with E-state index >= 15 is 0 Å². The fourth-order valence-electron chi connectivity index (χ4n) is 3.97. The smallest absolute Gasteiger partial charge is 0.425 e. The molecule has 0 amide bonds. The topological polar surface area (TPSA) is 93.2 Å². The number of fused-ring (bicyclic) bond motifs is 1. The van der Waals surface area contributed by atoms with Crippen LogP contribution in [0.4, 0.5) is 13.2 Å². The molecule has 3 heterocycles. The van der Waals surface area contributed by atoms with Crippen LogP contribution in [-0.2, 0) is 20.1 Å². The van der Waals surface area contributed by atoms with E-state index in [1.54, 1.807) is 48.7 Å². The minimum absolute atomic E-state index is 0.0105. The maximum Gasteiger partial charge on any atom is 0.573 e. The van der Waals surface area contributed by atoms with E-state index in [1.165, 1.54) is 28.3 Å². The lowest BCUT2D eigenvalue weighted by Gasteiger charge is -2.12. The second-order valence-corrected chi connectivity index (χ2v) is 8.89. The van der Waals surface area contributed by atoms with Crippen LogP contribution in [0.3, 0.4) is 0 Å². The summed E-state index contributed by atoms with van der Waals surface area (Å²) < 4.78 is 51.8. The van der Waals surface area contributed by atoms with Gasteiger partial charge < -0.3 is 9.47 Å². The summed E-state index contributed by atoms with van der Waals surface area (Å²) in [6.07, 6.45) is -3.32. The van der Waals surface area contributed by atoms with Crippen molar-refractivity contribution >= 4 is 22.8 Å². The molecule has 13 heteroatoms. The first-order valence-corrected chi connectivity index (χ1v) is 11.8. The molecule has 0 aliphatic heterocycles. The Labute approximate surface area is 223 Å². The van der Waals surface area contributed by atoms with Crippen molar-refractivity contribution in [3.05, 3.63) is 110 Å². The number of rotatable bonds is 7. The third-order valence-electron chi connectivity index (χ3n) is 5.74. The van der Waals surface area contributed by atoms with Crippen molar-refractivity contribution in [3.63, 3.8) is 0 Å². The average molecular weight is 558 g/mol. The van der Waals surface area contributed by atoms with Gasteiger partial charge in [-0.05, 0) is 42.0 Å². The molecule has 0 N–H and O–H groups in total. The summed E-state index contributed by atoms with van der Waals surface area (Å²) >= 11 is 6.02. The number of nitrogens with zero attached hydrogens (tertiary/aromatic N) is 5. The summed E-state index contributed by atoms with van der Waals surface area (Å²) in [6.45, 7) is 0.0926. The zero-order valence-electron chi connectivity index (χ0n) is 20.2. The van der Waals surface area contributed by atoms with Crippen molar-refractivity contribution in [3.8, 4) is 17.5 Å². The van der Waals surface area contributed by atoms with Crippen LogP contribution in [0.2, 0.25) is 5.02 Å². The molecule has 0 unspecified atom stereocenters. The van der Waals surface area contributed by atoms with E-state index in [2.05, 4.69) is 14.7 Å². The van der Waals surface area contributed by atoms with Gasteiger partial charge in [-0.3, -0.25) is 23.5 Å². The highest BCUT2D eigenvalue weighted by Crippen LogP contribution is 2.30. The van der Waals surface area contributed by atoms with Crippen molar-refractivity contribution in [2.24, 2.45) is 7.05 Å². The minimum atomic E-state index is -4.89. The normalized spacial score (nSPS) is 11.6. The zero-order chi connectivity index (χ0) is 27.7. The summed E-state index contributed by atoms with van der Waals surface area (Å²) in [5, 5.41) is 0.507. The molecule has 0 saturated carbocycles. The predicted octanol–water partition coefficient (Wildman–Crippen LogP) is 4.73. The molecule has 0 spiro atoms. The highest BCUT2D eigenvalue weighted by atomic mass is 35.5. The van der Waals surface area contributed by atoms with E-state index in [1.807, 2.05) is 0 Å². The molecule has 9 nitrogen and oxygen atoms in total. The van der Waals surface area contributed by atoms with Crippen molar-refractivity contribution in [1.29, 1.82) is 0 Å². The van der Waals surface area contributed by atoms with E-state index in [0.717, 1.165) is 22.3 Å². The quantitative estimate of drug-likeness (QED) is 0.287. The fraction of sp³-hybridized carbons (Fsp3) is 0.154. The molecule has 0 aliphatic carbocycles. The van der Waals surface area contributed by atoms with Crippen molar-refractivity contribution < 1.29 is 22.6 Å². The second-order valence-electron chi connectivity index (χ2n) is 8.46. The number of hydrogen-bond acceptors (Lipinski definition) is 6. The van der Waals surface area contributed by atoms with Gasteiger partial charge in [0, 0.05) is 24.3 Å². The number of imidazole rings is 1. The number of benzene rings is 2. The third kappa shape index (κ3) is 5.65. The first-order valence-electron chi connectivity index (χ1n) is 11.5. The molecule has 0 fully saturated rings. The molecule has 0 aliphatic rings. The minimum Gasteiger partial charge on any atom is -0.425 e. The Hall–Kier alpha value is -4.58. The van der Waals surface area contributed by atoms with Gasteiger partial charge in [0.2, 0.25) is 0 Å². The lowest BCUT2D eigenvalue weighted by atomic mass is 10.2. The van der Waals surface area contributed by atoms with E-state index in [0.29, 0.717) is 10.7 Å². The largest absolute Gasteiger partial charge is 0.573 e. The van der Waals surface area contributed by atoms with Crippen molar-refractivity contribution in [2.75, 3.05) is 0 Å². The van der Waals surface area contributed by atoms with Crippen LogP contribution < -0.4 is 20.7 Å². The summed E-state index contributed by atoms with van der Waals surface area (Å²) in [6, 6.07) is 16.8. The first kappa shape index (κ1) is 26.0. The number of ether oxygens (including phenoxy) is 2. The second kappa shape index (κ2) is 10.3. The summed E-state index contributed by atoms with van der Waals surface area (Å²) in [5.74, 6) is -0.525. The highest BCUT2D eigenvalue weighted by molar-refractivity contribution is 6.30. The Balaban J connectivity index is 1.68. The van der Waals surface area contributed by atoms with Crippen LogP contribution in [0.15, 0.2) is 82.5 Å². The standard InChI is InChI=1S/C26H19ClF3N5O4/c1-33-23(36)21-22(35(25(33)37)15-18-5-2-3-12-31-18)32-24(34(21)14-16-8-10-17(27)11-9-16)38-19-6-4-7-20(13-19)39-26(28,29)30/h2-13H,14-15H2,1H3. The Morgan fingerprint density at radius 1 is 0.923 bits per heavy atom. The highest BCUT2D eigenvalue weighted by Gasteiger charge is 2.31. The zero-order valence-corrected chi connectivity index (χ0v) is 21.0. The molecule has 3 aromatic heterocycles. The number of aromatic nitrogens is 5. The predicted molar refractivity (Wildman–Crippen MR) is 136 cm³/mol. The van der Waals surface area contributed by atoms with Gasteiger partial charge in [-0.15, -0.1) is 13.2 Å². The van der Waals surface area contributed by atoms with E-state index in [-0.39, 0.29) is 36.0 Å². The Morgan fingerprint density at radius 3 is 2.36 bits per heavy atom. The molecular weight excluding hydrogens is 539 g/mol. The SMILES string of the molecule is Cn1c(=O)c2c(nc(Oc3cccc(OC(F)(F)F)c3)n2Cc2ccc(Cl)cc2)n(Cc2ccccn2)c1=O. The molecule has 0 saturated heterocycles. The van der Waals surface area contributed by atoms with Gasteiger partial charge in [0.05, 0.1) is 18.8 Å². The van der Waals surface area contributed by atoms with Crippen LogP contribution in [-0.4, -0.2) is 30.0 Å². The fourth-order valence-corrected chi connectivity index (χ4v) is 4.10. The van der Waals surface area contributed by atoms with Crippen molar-refractivity contribution in [1.82, 2.24) is 23.7 Å². The third-order valence-corrected chi connectivity index (χ3v) is 6.00. The number of hydrogen-bond donors (Lipinski definition) is 0. The Bertz CT molecular complexity index is 1760. The molecule has 5 rings (SSSR count). The molecule has 0 bridgehead atoms. The molecule has 0 radical (unpaired) electrons.